The zero-order valence-electron chi connectivity index (χ0n) is 28.0. The molecule has 0 bridgehead atoms. The van der Waals surface area contributed by atoms with Crippen molar-refractivity contribution in [2.45, 2.75) is 32.7 Å². The Hall–Kier alpha value is -3.42. The van der Waals surface area contributed by atoms with Crippen molar-refractivity contribution < 1.29 is 41.9 Å². The molecule has 6 aromatic carbocycles. The molecule has 0 nitrogen and oxygen atoms in total. The predicted octanol–water partition coefficient (Wildman–Crippen LogP) is 14.0. The predicted molar refractivity (Wildman–Crippen MR) is 203 cm³/mol. The van der Waals surface area contributed by atoms with E-state index in [1.165, 1.54) is 0 Å². The van der Waals surface area contributed by atoms with E-state index in [1.54, 1.807) is 49.5 Å². The van der Waals surface area contributed by atoms with Gasteiger partial charge in [-0.25, -0.2) is 0 Å². The molecule has 2 aliphatic carbocycles. The van der Waals surface area contributed by atoms with Crippen LogP contribution >= 0.6 is 17.0 Å². The van der Waals surface area contributed by atoms with Crippen LogP contribution in [0.15, 0.2) is 132 Å². The number of benzene rings is 6. The Morgan fingerprint density at radius 2 is 0.885 bits per heavy atom. The summed E-state index contributed by atoms with van der Waals surface area (Å²) in [7, 11) is 15.8. The number of rotatable bonds is 5. The Labute approximate surface area is 306 Å². The first-order valence-corrected chi connectivity index (χ1v) is 33.3. The molecule has 0 saturated carbocycles. The molecule has 10 heteroatoms. The van der Waals surface area contributed by atoms with Gasteiger partial charge in [-0.05, 0) is 0 Å². The molecule has 263 valence electrons. The Morgan fingerprint density at radius 3 is 1.25 bits per heavy atom. The van der Waals surface area contributed by atoms with Crippen LogP contribution in [0.1, 0.15) is 29.5 Å². The molecule has 0 aliphatic heterocycles. The van der Waals surface area contributed by atoms with Gasteiger partial charge in [-0.15, -0.1) is 0 Å². The molecule has 0 saturated heterocycles. The average molecular weight is 840 g/mol. The number of hydrogen-bond acceptors (Lipinski definition) is 0. The second-order valence-electron chi connectivity index (χ2n) is 14.2. The quantitative estimate of drug-likeness (QED) is 0.120. The molecule has 2 atom stereocenters. The topological polar surface area (TPSA) is 0 Å². The van der Waals surface area contributed by atoms with Crippen molar-refractivity contribution in [3.63, 3.8) is 0 Å². The number of fused-ring (bicyclic) bond motifs is 4. The van der Waals surface area contributed by atoms with Crippen LogP contribution in [0.2, 0.25) is 13.1 Å². The van der Waals surface area contributed by atoms with Gasteiger partial charge in [-0.2, -0.15) is 0 Å². The Kier molecular flexibility index (Phi) is 8.43. The summed E-state index contributed by atoms with van der Waals surface area (Å²) in [4.78, 5) is 0. The van der Waals surface area contributed by atoms with Crippen LogP contribution in [0.5, 0.6) is 0 Å². The maximum atomic E-state index is 15.4. The summed E-state index contributed by atoms with van der Waals surface area (Å²) in [6.07, 6.45) is -7.61. The van der Waals surface area contributed by atoms with Crippen molar-refractivity contribution in [2.24, 2.45) is 0 Å². The molecule has 0 spiro atoms. The first kappa shape index (κ1) is 35.6. The normalized spacial score (nSPS) is 18.2. The zero-order valence-corrected chi connectivity index (χ0v) is 33.1. The fourth-order valence-corrected chi connectivity index (χ4v) is 38.6. The van der Waals surface area contributed by atoms with Gasteiger partial charge < -0.3 is 0 Å². The van der Waals surface area contributed by atoms with Gasteiger partial charge in [0.05, 0.1) is 0 Å². The van der Waals surface area contributed by atoms with Crippen LogP contribution in [-0.4, -0.2) is 18.3 Å². The van der Waals surface area contributed by atoms with Gasteiger partial charge in [0.1, 0.15) is 0 Å². The van der Waals surface area contributed by atoms with Gasteiger partial charge in [0.15, 0.2) is 0 Å². The summed E-state index contributed by atoms with van der Waals surface area (Å²) in [5, 5.41) is 3.76. The molecule has 2 aliphatic rings. The standard InChI is InChI=1S/2C20H12F3.C2H7Si.2ClH.Zr/c2*21-20(22,23)17-11-15-6-3-7-18(19(15)12-17)16-9-8-13-4-1-2-5-14(13)10-16;1-3-2;;;/h2*1-12H;3H,1-2H3;2*1H;/q;;;;;+2/p-2. The van der Waals surface area contributed by atoms with Crippen LogP contribution < -0.4 is 0 Å². The summed E-state index contributed by atoms with van der Waals surface area (Å²) < 4.78 is 89.4. The van der Waals surface area contributed by atoms with Gasteiger partial charge in [-0.1, -0.05) is 0 Å². The number of allylic oxidation sites excluding steroid dienone is 2. The summed E-state index contributed by atoms with van der Waals surface area (Å²) >= 11 is -6.49. The zero-order chi connectivity index (χ0) is 36.8. The van der Waals surface area contributed by atoms with E-state index in [9.17, 15) is 0 Å². The van der Waals surface area contributed by atoms with E-state index in [4.69, 9.17) is 17.0 Å². The van der Waals surface area contributed by atoms with Crippen molar-refractivity contribution in [1.29, 1.82) is 0 Å². The molecule has 52 heavy (non-hydrogen) atoms. The minimum atomic E-state index is -6.49. The third-order valence-corrected chi connectivity index (χ3v) is 62.7. The van der Waals surface area contributed by atoms with Gasteiger partial charge in [-0.3, -0.25) is 0 Å². The van der Waals surface area contributed by atoms with Crippen molar-refractivity contribution in [1.82, 2.24) is 0 Å². The number of alkyl halides is 6. The Balaban J connectivity index is 1.37. The van der Waals surface area contributed by atoms with E-state index >= 15 is 26.3 Å². The minimum absolute atomic E-state index is 0.246. The van der Waals surface area contributed by atoms with Gasteiger partial charge in [0, 0.05) is 0 Å². The third kappa shape index (κ3) is 5.51. The number of hydrogen-bond donors (Lipinski definition) is 0. The van der Waals surface area contributed by atoms with Crippen molar-refractivity contribution in [3.05, 3.63) is 155 Å². The summed E-state index contributed by atoms with van der Waals surface area (Å²) in [5.74, 6) is -2.75. The molecule has 2 unspecified atom stereocenters. The van der Waals surface area contributed by atoms with Gasteiger partial charge in [0.2, 0.25) is 0 Å². The Morgan fingerprint density at radius 1 is 0.500 bits per heavy atom. The molecule has 0 amide bonds. The fraction of sp³-hybridized carbons (Fsp3) is 0.143. The second-order valence-corrected chi connectivity index (χ2v) is 56.7. The molecule has 6 aromatic rings. The van der Waals surface area contributed by atoms with E-state index in [-0.39, 0.29) is 11.1 Å². The van der Waals surface area contributed by atoms with Crippen molar-refractivity contribution >= 4 is 56.6 Å². The van der Waals surface area contributed by atoms with Crippen molar-refractivity contribution in [3.8, 4) is 22.3 Å². The summed E-state index contributed by atoms with van der Waals surface area (Å²) in [6, 6.07) is 36.6. The molecular weight excluding hydrogens is 809 g/mol. The van der Waals surface area contributed by atoms with Crippen LogP contribution in [0.4, 0.5) is 26.3 Å². The first-order valence-electron chi connectivity index (χ1n) is 17.0. The second kappa shape index (κ2) is 12.3. The molecule has 8 rings (SSSR count). The molecule has 0 fully saturated rings. The monoisotopic (exact) mass is 837 g/mol. The first-order chi connectivity index (χ1) is 24.6. The van der Waals surface area contributed by atoms with E-state index in [0.29, 0.717) is 33.4 Å². The third-order valence-electron chi connectivity index (χ3n) is 11.1. The summed E-state index contributed by atoms with van der Waals surface area (Å²) in [5.41, 5.74) is 1.63. The van der Waals surface area contributed by atoms with Crippen LogP contribution in [0.3, 0.4) is 0 Å². The number of halogens is 8. The SMILES string of the molecule is C[SiH](C)[Zr]([Cl])([Cl])([CH]1C(C(F)(F)F)=Cc2c(-c3ccc4ccccc4c3)cccc21)[CH]1C(C(F)(F)F)=Cc2c(-c3ccc4ccccc4c3)cccc21. The molecule has 0 N–H and O–H groups in total. The molecular formula is C42H31Cl2F6SiZr. The summed E-state index contributed by atoms with van der Waals surface area (Å²) in [6.45, 7) is 3.45. The van der Waals surface area contributed by atoms with Crippen LogP contribution in [0.25, 0.3) is 56.0 Å². The van der Waals surface area contributed by atoms with Gasteiger partial charge in [0.25, 0.3) is 0 Å². The fourth-order valence-electron chi connectivity index (χ4n) is 8.53. The van der Waals surface area contributed by atoms with Crippen LogP contribution in [0, 0.1) is 0 Å². The van der Waals surface area contributed by atoms with E-state index < -0.39 is 52.2 Å². The van der Waals surface area contributed by atoms with Gasteiger partial charge >= 0.3 is 308 Å². The molecule has 0 heterocycles. The van der Waals surface area contributed by atoms with Crippen molar-refractivity contribution in [2.75, 3.05) is 0 Å². The molecule has 0 aromatic heterocycles. The molecule has 0 radical (unpaired) electrons. The van der Waals surface area contributed by atoms with E-state index in [0.717, 1.165) is 33.7 Å². The maximum absolute atomic E-state index is 15.4. The average Bonchev–Trinajstić information content (AvgIpc) is 3.73. The van der Waals surface area contributed by atoms with E-state index in [2.05, 4.69) is 0 Å². The van der Waals surface area contributed by atoms with E-state index in [1.807, 2.05) is 84.9 Å². The van der Waals surface area contributed by atoms with Crippen LogP contribution in [-0.2, 0) is 15.6 Å². The Bertz CT molecular complexity index is 2330.